The van der Waals surface area contributed by atoms with Crippen LogP contribution in [0.3, 0.4) is 0 Å². The Morgan fingerprint density at radius 1 is 1.19 bits per heavy atom. The maximum Gasteiger partial charge on any atom is 0.275 e. The molecule has 0 fully saturated rings. The average Bonchev–Trinajstić information content (AvgIpc) is 2.26. The molecule has 1 rings (SSSR count). The van der Waals surface area contributed by atoms with Crippen molar-refractivity contribution in [2.24, 2.45) is 11.7 Å². The summed E-state index contributed by atoms with van der Waals surface area (Å²) in [6, 6.07) is 10.3. The second-order valence-electron chi connectivity index (χ2n) is 4.56. The smallest absolute Gasteiger partial charge is 0.275 e. The van der Waals surface area contributed by atoms with E-state index in [4.69, 9.17) is 5.73 Å². The first-order valence-electron chi connectivity index (χ1n) is 5.71. The van der Waals surface area contributed by atoms with Crippen molar-refractivity contribution in [3.8, 4) is 0 Å². The zero-order valence-corrected chi connectivity index (χ0v) is 10.2. The van der Waals surface area contributed by atoms with E-state index in [1.165, 1.54) is 5.56 Å². The van der Waals surface area contributed by atoms with Crippen molar-refractivity contribution in [1.29, 1.82) is 0 Å². The third kappa shape index (κ3) is 3.35. The van der Waals surface area contributed by atoms with Crippen molar-refractivity contribution in [3.05, 3.63) is 35.9 Å². The molecule has 0 aliphatic rings. The molecule has 0 saturated carbocycles. The summed E-state index contributed by atoms with van der Waals surface area (Å²) in [5.74, 6) is 0.200. The third-order valence-corrected chi connectivity index (χ3v) is 2.85. The highest BCUT2D eigenvalue weighted by Gasteiger charge is 2.23. The molecule has 0 spiro atoms. The van der Waals surface area contributed by atoms with Crippen LogP contribution in [0.4, 0.5) is 0 Å². The van der Waals surface area contributed by atoms with E-state index in [0.29, 0.717) is 5.92 Å². The van der Waals surface area contributed by atoms with Crippen molar-refractivity contribution < 1.29 is 10.1 Å². The highest BCUT2D eigenvalue weighted by atomic mass is 16.1. The van der Waals surface area contributed by atoms with Gasteiger partial charge in [-0.25, -0.2) is 0 Å². The van der Waals surface area contributed by atoms with Gasteiger partial charge in [-0.3, -0.25) is 4.79 Å². The van der Waals surface area contributed by atoms with Gasteiger partial charge in [-0.1, -0.05) is 44.2 Å². The Morgan fingerprint density at radius 3 is 2.19 bits per heavy atom. The van der Waals surface area contributed by atoms with E-state index < -0.39 is 0 Å². The number of rotatable bonds is 5. The summed E-state index contributed by atoms with van der Waals surface area (Å²) in [5.41, 5.74) is 6.53. The molecular formula is C13H21N2O+. The average molecular weight is 221 g/mol. The van der Waals surface area contributed by atoms with E-state index in [2.05, 4.69) is 26.0 Å². The Kier molecular flexibility index (Phi) is 4.50. The number of primary amides is 1. The predicted molar refractivity (Wildman–Crippen MR) is 64.6 cm³/mol. The molecule has 0 radical (unpaired) electrons. The van der Waals surface area contributed by atoms with E-state index in [1.54, 1.807) is 0 Å². The normalized spacial score (nSPS) is 14.8. The minimum atomic E-state index is -0.262. The van der Waals surface area contributed by atoms with Crippen LogP contribution in [-0.4, -0.2) is 11.9 Å². The van der Waals surface area contributed by atoms with Gasteiger partial charge in [0, 0.05) is 11.5 Å². The van der Waals surface area contributed by atoms with Crippen LogP contribution in [0.25, 0.3) is 0 Å². The van der Waals surface area contributed by atoms with E-state index in [-0.39, 0.29) is 18.0 Å². The zero-order chi connectivity index (χ0) is 12.1. The lowest BCUT2D eigenvalue weighted by Crippen LogP contribution is -2.93. The van der Waals surface area contributed by atoms with E-state index in [0.717, 1.165) is 0 Å². The lowest BCUT2D eigenvalue weighted by molar-refractivity contribution is -0.719. The fourth-order valence-electron chi connectivity index (χ4n) is 1.80. The number of carbonyl (C=O) groups is 1. The van der Waals surface area contributed by atoms with Gasteiger partial charge in [-0.15, -0.1) is 0 Å². The Morgan fingerprint density at radius 2 is 1.75 bits per heavy atom. The van der Waals surface area contributed by atoms with Crippen LogP contribution in [0.5, 0.6) is 0 Å². The number of amides is 1. The summed E-state index contributed by atoms with van der Waals surface area (Å²) in [6.45, 7) is 6.16. The second kappa shape index (κ2) is 5.66. The molecule has 0 aliphatic heterocycles. The van der Waals surface area contributed by atoms with Gasteiger partial charge in [0.2, 0.25) is 0 Å². The number of quaternary nitrogens is 1. The largest absolute Gasteiger partial charge is 0.365 e. The highest BCUT2D eigenvalue weighted by molar-refractivity contribution is 5.77. The Bertz CT molecular complexity index is 335. The first kappa shape index (κ1) is 12.7. The monoisotopic (exact) mass is 221 g/mol. The van der Waals surface area contributed by atoms with Gasteiger partial charge in [0.1, 0.15) is 6.04 Å². The number of nitrogens with two attached hydrogens (primary N) is 2. The molecular weight excluding hydrogens is 200 g/mol. The van der Waals surface area contributed by atoms with Crippen molar-refractivity contribution in [2.75, 3.05) is 0 Å². The van der Waals surface area contributed by atoms with E-state index in [9.17, 15) is 4.79 Å². The molecule has 16 heavy (non-hydrogen) atoms. The summed E-state index contributed by atoms with van der Waals surface area (Å²) in [5, 5.41) is 2.04. The van der Waals surface area contributed by atoms with Crippen LogP contribution in [-0.2, 0) is 4.79 Å². The molecule has 1 amide bonds. The number of benzene rings is 1. The Hall–Kier alpha value is -1.35. The van der Waals surface area contributed by atoms with Crippen LogP contribution in [0, 0.1) is 5.92 Å². The van der Waals surface area contributed by atoms with Gasteiger partial charge >= 0.3 is 0 Å². The van der Waals surface area contributed by atoms with Crippen LogP contribution < -0.4 is 11.1 Å². The number of hydrogen-bond donors (Lipinski definition) is 2. The second-order valence-corrected chi connectivity index (χ2v) is 4.56. The number of hydrogen-bond acceptors (Lipinski definition) is 1. The molecule has 0 saturated heterocycles. The lowest BCUT2D eigenvalue weighted by Gasteiger charge is -2.22. The van der Waals surface area contributed by atoms with E-state index in [1.807, 2.05) is 30.4 Å². The molecule has 3 heteroatoms. The highest BCUT2D eigenvalue weighted by Crippen LogP contribution is 2.17. The predicted octanol–water partition coefficient (Wildman–Crippen LogP) is 0.821. The molecule has 0 bridgehead atoms. The Labute approximate surface area is 97.0 Å². The Balaban J connectivity index is 2.81. The number of carbonyl (C=O) groups excluding carboxylic acids is 1. The topological polar surface area (TPSA) is 59.7 Å². The van der Waals surface area contributed by atoms with E-state index >= 15 is 0 Å². The fourth-order valence-corrected chi connectivity index (χ4v) is 1.80. The molecule has 2 atom stereocenters. The van der Waals surface area contributed by atoms with Crippen molar-refractivity contribution in [3.63, 3.8) is 0 Å². The summed E-state index contributed by atoms with van der Waals surface area (Å²) in [4.78, 5) is 11.1. The zero-order valence-electron chi connectivity index (χ0n) is 10.2. The molecule has 0 heterocycles. The first-order valence-corrected chi connectivity index (χ1v) is 5.71. The minimum Gasteiger partial charge on any atom is -0.365 e. The lowest BCUT2D eigenvalue weighted by atomic mass is 9.95. The van der Waals surface area contributed by atoms with Gasteiger partial charge < -0.3 is 11.1 Å². The van der Waals surface area contributed by atoms with Crippen molar-refractivity contribution in [1.82, 2.24) is 0 Å². The summed E-state index contributed by atoms with van der Waals surface area (Å²) < 4.78 is 0. The van der Waals surface area contributed by atoms with Crippen LogP contribution in [0.1, 0.15) is 32.4 Å². The SMILES string of the molecule is CC(C)[C@H]([NH2+][C@H](C)C(N)=O)c1ccccc1. The first-order chi connectivity index (χ1) is 7.52. The van der Waals surface area contributed by atoms with Gasteiger partial charge in [-0.05, 0) is 6.92 Å². The molecule has 0 unspecified atom stereocenters. The van der Waals surface area contributed by atoms with Crippen LogP contribution in [0.15, 0.2) is 30.3 Å². The summed E-state index contributed by atoms with van der Waals surface area (Å²) in [7, 11) is 0. The van der Waals surface area contributed by atoms with Gasteiger partial charge in [0.25, 0.3) is 5.91 Å². The van der Waals surface area contributed by atoms with Gasteiger partial charge in [0.15, 0.2) is 6.04 Å². The fraction of sp³-hybridized carbons (Fsp3) is 0.462. The summed E-state index contributed by atoms with van der Waals surface area (Å²) in [6.07, 6.45) is 0. The summed E-state index contributed by atoms with van der Waals surface area (Å²) >= 11 is 0. The molecule has 3 nitrogen and oxygen atoms in total. The molecule has 1 aromatic carbocycles. The van der Waals surface area contributed by atoms with Crippen molar-refractivity contribution >= 4 is 5.91 Å². The molecule has 0 aromatic heterocycles. The standard InChI is InChI=1S/C13H20N2O/c1-9(2)12(15-10(3)13(14)16)11-7-5-4-6-8-11/h4-10,12,15H,1-3H3,(H2,14,16)/p+1/t10-,12+/m1/s1. The molecule has 88 valence electrons. The maximum atomic E-state index is 11.1. The van der Waals surface area contributed by atoms with Crippen molar-refractivity contribution in [2.45, 2.75) is 32.9 Å². The van der Waals surface area contributed by atoms with Gasteiger partial charge in [0.05, 0.1) is 0 Å². The van der Waals surface area contributed by atoms with Crippen LogP contribution >= 0.6 is 0 Å². The molecule has 1 aromatic rings. The maximum absolute atomic E-state index is 11.1. The van der Waals surface area contributed by atoms with Crippen LogP contribution in [0.2, 0.25) is 0 Å². The molecule has 4 N–H and O–H groups in total. The third-order valence-electron chi connectivity index (χ3n) is 2.85. The molecule has 0 aliphatic carbocycles. The quantitative estimate of drug-likeness (QED) is 0.760. The minimum absolute atomic E-state index is 0.187. The van der Waals surface area contributed by atoms with Gasteiger partial charge in [-0.2, -0.15) is 0 Å².